The zero-order valence-electron chi connectivity index (χ0n) is 11.5. The Labute approximate surface area is 112 Å². The van der Waals surface area contributed by atoms with E-state index >= 15 is 0 Å². The first-order chi connectivity index (χ1) is 8.55. The van der Waals surface area contributed by atoms with Crippen molar-refractivity contribution in [3.05, 3.63) is 16.1 Å². The Bertz CT molecular complexity index is 385. The maximum Gasteiger partial charge on any atom is 0.306 e. The number of hydrogen-bond acceptors (Lipinski definition) is 5. The molecule has 0 aliphatic carbocycles. The molecule has 1 heterocycles. The first kappa shape index (κ1) is 15.1. The van der Waals surface area contributed by atoms with E-state index in [1.54, 1.807) is 18.4 Å². The lowest BCUT2D eigenvalue weighted by Crippen LogP contribution is -2.22. The third-order valence-electron chi connectivity index (χ3n) is 3.02. The molecule has 102 valence electrons. The summed E-state index contributed by atoms with van der Waals surface area (Å²) in [5, 5.41) is 2.95. The Balaban J connectivity index is 2.61. The molecule has 0 N–H and O–H groups in total. The van der Waals surface area contributed by atoms with Crippen LogP contribution in [0.1, 0.15) is 44.3 Å². The van der Waals surface area contributed by atoms with Gasteiger partial charge in [-0.25, -0.2) is 4.98 Å². The van der Waals surface area contributed by atoms with Gasteiger partial charge in [0.25, 0.3) is 0 Å². The molecule has 0 radical (unpaired) electrons. The zero-order valence-corrected chi connectivity index (χ0v) is 12.3. The van der Waals surface area contributed by atoms with Gasteiger partial charge >= 0.3 is 5.97 Å². The average molecular weight is 271 g/mol. The lowest BCUT2D eigenvalue weighted by molar-refractivity contribution is -0.143. The van der Waals surface area contributed by atoms with Crippen molar-refractivity contribution in [2.24, 2.45) is 0 Å². The van der Waals surface area contributed by atoms with Crippen molar-refractivity contribution in [1.82, 2.24) is 4.98 Å². The summed E-state index contributed by atoms with van der Waals surface area (Å²) in [5.74, 6) is -0.169. The van der Waals surface area contributed by atoms with Gasteiger partial charge in [0, 0.05) is 18.9 Å². The van der Waals surface area contributed by atoms with E-state index in [4.69, 9.17) is 9.47 Å². The van der Waals surface area contributed by atoms with Crippen molar-refractivity contribution in [2.45, 2.75) is 45.6 Å². The summed E-state index contributed by atoms with van der Waals surface area (Å²) in [5.41, 5.74) is 0.604. The van der Waals surface area contributed by atoms with E-state index in [1.165, 1.54) is 0 Å². The van der Waals surface area contributed by atoms with Gasteiger partial charge in [-0.05, 0) is 20.3 Å². The molecule has 4 nitrogen and oxygen atoms in total. The normalized spacial score (nSPS) is 14.2. The summed E-state index contributed by atoms with van der Waals surface area (Å²) in [6.45, 7) is 6.34. The van der Waals surface area contributed by atoms with E-state index in [0.29, 0.717) is 19.4 Å². The van der Waals surface area contributed by atoms with E-state index in [1.807, 2.05) is 19.2 Å². The van der Waals surface area contributed by atoms with Crippen molar-refractivity contribution in [3.63, 3.8) is 0 Å². The SMILES string of the molecule is CCOC(=O)CCc1csc(C(C)(CC)OC)n1. The van der Waals surface area contributed by atoms with Crippen LogP contribution in [-0.4, -0.2) is 24.7 Å². The maximum absolute atomic E-state index is 11.3. The van der Waals surface area contributed by atoms with Crippen molar-refractivity contribution >= 4 is 17.3 Å². The molecule has 0 aliphatic heterocycles. The number of nitrogens with zero attached hydrogens (tertiary/aromatic N) is 1. The number of methoxy groups -OCH3 is 1. The fourth-order valence-electron chi connectivity index (χ4n) is 1.51. The predicted octanol–water partition coefficient (Wildman–Crippen LogP) is 2.91. The van der Waals surface area contributed by atoms with Crippen LogP contribution < -0.4 is 0 Å². The molecule has 18 heavy (non-hydrogen) atoms. The molecule has 0 aromatic carbocycles. The van der Waals surface area contributed by atoms with Gasteiger partial charge in [0.05, 0.1) is 18.7 Å². The highest BCUT2D eigenvalue weighted by molar-refractivity contribution is 7.09. The number of hydrogen-bond donors (Lipinski definition) is 0. The molecule has 1 aromatic rings. The van der Waals surface area contributed by atoms with Crippen LogP contribution in [0.5, 0.6) is 0 Å². The van der Waals surface area contributed by atoms with E-state index in [-0.39, 0.29) is 11.6 Å². The van der Waals surface area contributed by atoms with E-state index in [0.717, 1.165) is 17.1 Å². The lowest BCUT2D eigenvalue weighted by Gasteiger charge is -2.23. The van der Waals surface area contributed by atoms with Crippen molar-refractivity contribution in [2.75, 3.05) is 13.7 Å². The van der Waals surface area contributed by atoms with Crippen molar-refractivity contribution in [3.8, 4) is 0 Å². The molecular formula is C13H21NO3S. The molecule has 5 heteroatoms. The molecular weight excluding hydrogens is 250 g/mol. The Morgan fingerprint density at radius 1 is 1.50 bits per heavy atom. The minimum absolute atomic E-state index is 0.169. The summed E-state index contributed by atoms with van der Waals surface area (Å²) in [6.07, 6.45) is 1.88. The molecule has 0 bridgehead atoms. The molecule has 1 unspecified atom stereocenters. The van der Waals surface area contributed by atoms with Gasteiger partial charge in [-0.15, -0.1) is 11.3 Å². The van der Waals surface area contributed by atoms with Crippen LogP contribution in [0.25, 0.3) is 0 Å². The Hall–Kier alpha value is -0.940. The zero-order chi connectivity index (χ0) is 13.6. The van der Waals surface area contributed by atoms with Crippen LogP contribution in [0.4, 0.5) is 0 Å². The number of carbonyl (C=O) groups excluding carboxylic acids is 1. The molecule has 1 atom stereocenters. The number of rotatable bonds is 7. The van der Waals surface area contributed by atoms with Gasteiger partial charge < -0.3 is 9.47 Å². The second-order valence-corrected chi connectivity index (χ2v) is 5.10. The standard InChI is InChI=1S/C13H21NO3S/c1-5-13(3,16-4)12-14-10(9-18-12)7-8-11(15)17-6-2/h9H,5-8H2,1-4H3. The number of carbonyl (C=O) groups is 1. The third kappa shape index (κ3) is 3.78. The fourth-order valence-corrected chi connectivity index (χ4v) is 2.58. The third-order valence-corrected chi connectivity index (χ3v) is 4.16. The van der Waals surface area contributed by atoms with E-state index in [2.05, 4.69) is 11.9 Å². The lowest BCUT2D eigenvalue weighted by atomic mass is 10.1. The fraction of sp³-hybridized carbons (Fsp3) is 0.692. The minimum Gasteiger partial charge on any atom is -0.466 e. The van der Waals surface area contributed by atoms with Crippen LogP contribution in [0.15, 0.2) is 5.38 Å². The van der Waals surface area contributed by atoms with Gasteiger partial charge in [0.1, 0.15) is 10.6 Å². The molecule has 0 fully saturated rings. The quantitative estimate of drug-likeness (QED) is 0.715. The predicted molar refractivity (Wildman–Crippen MR) is 71.7 cm³/mol. The van der Waals surface area contributed by atoms with E-state index < -0.39 is 0 Å². The number of thiazole rings is 1. The van der Waals surface area contributed by atoms with Crippen LogP contribution in [0.3, 0.4) is 0 Å². The topological polar surface area (TPSA) is 48.4 Å². The highest BCUT2D eigenvalue weighted by atomic mass is 32.1. The molecule has 0 saturated heterocycles. The summed E-state index contributed by atoms with van der Waals surface area (Å²) < 4.78 is 10.4. The van der Waals surface area contributed by atoms with Gasteiger partial charge in [0.2, 0.25) is 0 Å². The van der Waals surface area contributed by atoms with E-state index in [9.17, 15) is 4.79 Å². The Kier molecular flexibility index (Phi) is 5.75. The van der Waals surface area contributed by atoms with Crippen LogP contribution >= 0.6 is 11.3 Å². The molecule has 1 rings (SSSR count). The smallest absolute Gasteiger partial charge is 0.306 e. The highest BCUT2D eigenvalue weighted by Crippen LogP contribution is 2.30. The summed E-state index contributed by atoms with van der Waals surface area (Å²) in [6, 6.07) is 0. The number of aryl methyl sites for hydroxylation is 1. The monoisotopic (exact) mass is 271 g/mol. The Morgan fingerprint density at radius 3 is 2.78 bits per heavy atom. The van der Waals surface area contributed by atoms with Gasteiger partial charge in [-0.2, -0.15) is 0 Å². The van der Waals surface area contributed by atoms with Crippen LogP contribution in [0.2, 0.25) is 0 Å². The number of ether oxygens (including phenoxy) is 2. The molecule has 0 aliphatic rings. The highest BCUT2D eigenvalue weighted by Gasteiger charge is 2.27. The van der Waals surface area contributed by atoms with Gasteiger partial charge in [-0.1, -0.05) is 6.92 Å². The molecule has 0 spiro atoms. The molecule has 0 amide bonds. The summed E-state index contributed by atoms with van der Waals surface area (Å²) in [4.78, 5) is 15.8. The minimum atomic E-state index is -0.327. The maximum atomic E-state index is 11.3. The number of aromatic nitrogens is 1. The van der Waals surface area contributed by atoms with Crippen LogP contribution in [-0.2, 0) is 26.3 Å². The molecule has 0 saturated carbocycles. The second-order valence-electron chi connectivity index (χ2n) is 4.24. The first-order valence-corrected chi connectivity index (χ1v) is 7.09. The van der Waals surface area contributed by atoms with Gasteiger partial charge in [-0.3, -0.25) is 4.79 Å². The van der Waals surface area contributed by atoms with Crippen molar-refractivity contribution < 1.29 is 14.3 Å². The van der Waals surface area contributed by atoms with Crippen LogP contribution in [0, 0.1) is 0 Å². The number of esters is 1. The first-order valence-electron chi connectivity index (χ1n) is 6.21. The molecule has 1 aromatic heterocycles. The Morgan fingerprint density at radius 2 is 2.22 bits per heavy atom. The summed E-state index contributed by atoms with van der Waals surface area (Å²) >= 11 is 1.58. The van der Waals surface area contributed by atoms with Crippen molar-refractivity contribution in [1.29, 1.82) is 0 Å². The second kappa shape index (κ2) is 6.85. The average Bonchev–Trinajstić information content (AvgIpc) is 2.85. The largest absolute Gasteiger partial charge is 0.466 e. The summed E-state index contributed by atoms with van der Waals surface area (Å²) in [7, 11) is 1.70. The van der Waals surface area contributed by atoms with Gasteiger partial charge in [0.15, 0.2) is 0 Å².